The lowest BCUT2D eigenvalue weighted by Gasteiger charge is -2.26. The fourth-order valence-electron chi connectivity index (χ4n) is 3.27. The maximum absolute atomic E-state index is 11.1. The lowest BCUT2D eigenvalue weighted by Crippen LogP contribution is -2.31. The molecular formula is C19H24N2O5. The Morgan fingerprint density at radius 3 is 2.69 bits per heavy atom. The summed E-state index contributed by atoms with van der Waals surface area (Å²) in [4.78, 5) is 17.7. The molecule has 2 heterocycles. The van der Waals surface area contributed by atoms with Crippen molar-refractivity contribution in [3.05, 3.63) is 23.9 Å². The molecule has 7 nitrogen and oxygen atoms in total. The molecule has 0 spiro atoms. The second-order valence-electron chi connectivity index (χ2n) is 6.45. The van der Waals surface area contributed by atoms with Crippen molar-refractivity contribution >= 4 is 16.9 Å². The van der Waals surface area contributed by atoms with Crippen LogP contribution < -0.4 is 9.47 Å². The van der Waals surface area contributed by atoms with E-state index in [1.807, 2.05) is 0 Å². The summed E-state index contributed by atoms with van der Waals surface area (Å²) in [6.45, 7) is 3.89. The Morgan fingerprint density at radius 2 is 2.00 bits per heavy atom. The summed E-state index contributed by atoms with van der Waals surface area (Å²) in [6, 6.07) is 3.23. The van der Waals surface area contributed by atoms with Gasteiger partial charge in [0.15, 0.2) is 11.5 Å². The number of fused-ring (bicyclic) bond motifs is 1. The molecule has 0 bridgehead atoms. The molecule has 7 heteroatoms. The largest absolute Gasteiger partial charge is 0.506 e. The van der Waals surface area contributed by atoms with Gasteiger partial charge in [0.2, 0.25) is 0 Å². The van der Waals surface area contributed by atoms with Gasteiger partial charge < -0.3 is 24.6 Å². The first kappa shape index (κ1) is 18.3. The Labute approximate surface area is 152 Å². The van der Waals surface area contributed by atoms with Gasteiger partial charge in [-0.1, -0.05) is 6.42 Å². The molecule has 2 N–H and O–H groups in total. The van der Waals surface area contributed by atoms with Gasteiger partial charge in [0, 0.05) is 24.2 Å². The van der Waals surface area contributed by atoms with Gasteiger partial charge in [-0.25, -0.2) is 4.79 Å². The maximum atomic E-state index is 11.1. The highest BCUT2D eigenvalue weighted by Gasteiger charge is 2.17. The standard InChI is InChI=1S/C19H24N2O5/c1-25-16-10-13-15(20-12-14(18(13)22)19(23)24)11-17(16)26-9-5-8-21-6-3-2-4-7-21/h10-12H,2-9H2,1H3,(H,20,22)(H,23,24). The minimum Gasteiger partial charge on any atom is -0.506 e. The van der Waals surface area contributed by atoms with Gasteiger partial charge in [-0.2, -0.15) is 0 Å². The number of ether oxygens (including phenoxy) is 2. The van der Waals surface area contributed by atoms with Gasteiger partial charge in [-0.05, 0) is 38.4 Å². The van der Waals surface area contributed by atoms with E-state index in [4.69, 9.17) is 14.6 Å². The van der Waals surface area contributed by atoms with Crippen LogP contribution in [0.15, 0.2) is 18.3 Å². The van der Waals surface area contributed by atoms with E-state index in [0.717, 1.165) is 32.3 Å². The molecule has 2 aromatic rings. The summed E-state index contributed by atoms with van der Waals surface area (Å²) in [6.07, 6.45) is 5.93. The predicted octanol–water partition coefficient (Wildman–Crippen LogP) is 2.90. The molecule has 1 aromatic heterocycles. The Bertz CT molecular complexity index is 787. The Morgan fingerprint density at radius 1 is 1.23 bits per heavy atom. The van der Waals surface area contributed by atoms with Crippen molar-refractivity contribution < 1.29 is 24.5 Å². The fourth-order valence-corrected chi connectivity index (χ4v) is 3.27. The number of aromatic nitrogens is 1. The number of carboxylic acids is 1. The van der Waals surface area contributed by atoms with E-state index in [1.165, 1.54) is 26.4 Å². The molecule has 140 valence electrons. The van der Waals surface area contributed by atoms with Crippen molar-refractivity contribution in [2.24, 2.45) is 0 Å². The predicted molar refractivity (Wildman–Crippen MR) is 97.3 cm³/mol. The van der Waals surface area contributed by atoms with Crippen molar-refractivity contribution in [1.82, 2.24) is 9.88 Å². The van der Waals surface area contributed by atoms with Crippen LogP contribution in [-0.4, -0.2) is 59.4 Å². The number of nitrogens with zero attached hydrogens (tertiary/aromatic N) is 2. The third-order valence-corrected chi connectivity index (χ3v) is 4.68. The number of rotatable bonds is 7. The van der Waals surface area contributed by atoms with Crippen LogP contribution in [0.2, 0.25) is 0 Å². The zero-order chi connectivity index (χ0) is 18.5. The minimum atomic E-state index is -1.23. The van der Waals surface area contributed by atoms with Crippen LogP contribution in [0, 0.1) is 0 Å². The highest BCUT2D eigenvalue weighted by molar-refractivity contribution is 5.99. The number of hydrogen-bond acceptors (Lipinski definition) is 6. The Hall–Kier alpha value is -2.54. The summed E-state index contributed by atoms with van der Waals surface area (Å²) in [5.41, 5.74) is 0.217. The van der Waals surface area contributed by atoms with E-state index in [-0.39, 0.29) is 11.3 Å². The van der Waals surface area contributed by atoms with Crippen LogP contribution in [0.1, 0.15) is 36.0 Å². The number of methoxy groups -OCH3 is 1. The quantitative estimate of drug-likeness (QED) is 0.734. The van der Waals surface area contributed by atoms with Gasteiger partial charge in [-0.3, -0.25) is 4.98 Å². The SMILES string of the molecule is COc1cc2c(O)c(C(=O)O)cnc2cc1OCCCN1CCCCC1. The second-order valence-corrected chi connectivity index (χ2v) is 6.45. The third kappa shape index (κ3) is 3.99. The number of aromatic hydroxyl groups is 1. The third-order valence-electron chi connectivity index (χ3n) is 4.68. The van der Waals surface area contributed by atoms with E-state index in [9.17, 15) is 9.90 Å². The molecule has 0 atom stereocenters. The van der Waals surface area contributed by atoms with Crippen LogP contribution in [0.5, 0.6) is 17.2 Å². The first-order valence-corrected chi connectivity index (χ1v) is 8.88. The highest BCUT2D eigenvalue weighted by atomic mass is 16.5. The van der Waals surface area contributed by atoms with E-state index in [0.29, 0.717) is 29.0 Å². The zero-order valence-electron chi connectivity index (χ0n) is 14.9. The van der Waals surface area contributed by atoms with Gasteiger partial charge in [-0.15, -0.1) is 0 Å². The smallest absolute Gasteiger partial charge is 0.341 e. The molecule has 3 rings (SSSR count). The summed E-state index contributed by atoms with van der Waals surface area (Å²) in [5, 5.41) is 19.6. The molecule has 1 aliphatic heterocycles. The molecule has 0 unspecified atom stereocenters. The summed E-state index contributed by atoms with van der Waals surface area (Å²) < 4.78 is 11.2. The molecule has 0 amide bonds. The number of benzene rings is 1. The number of hydrogen-bond donors (Lipinski definition) is 2. The fraction of sp³-hybridized carbons (Fsp3) is 0.474. The number of carbonyl (C=O) groups is 1. The minimum absolute atomic E-state index is 0.241. The molecule has 1 saturated heterocycles. The molecule has 26 heavy (non-hydrogen) atoms. The molecule has 0 radical (unpaired) electrons. The van der Waals surface area contributed by atoms with Gasteiger partial charge in [0.25, 0.3) is 0 Å². The summed E-state index contributed by atoms with van der Waals surface area (Å²) in [5.74, 6) is -0.574. The van der Waals surface area contributed by atoms with Gasteiger partial charge in [0.1, 0.15) is 11.3 Å². The molecular weight excluding hydrogens is 336 g/mol. The van der Waals surface area contributed by atoms with Crippen LogP contribution in [0.4, 0.5) is 0 Å². The van der Waals surface area contributed by atoms with Gasteiger partial charge in [0.05, 0.1) is 19.2 Å². The zero-order valence-corrected chi connectivity index (χ0v) is 14.9. The van der Waals surface area contributed by atoms with Gasteiger partial charge >= 0.3 is 5.97 Å². The number of piperidine rings is 1. The van der Waals surface area contributed by atoms with Crippen LogP contribution in [-0.2, 0) is 0 Å². The number of likely N-dealkylation sites (tertiary alicyclic amines) is 1. The highest BCUT2D eigenvalue weighted by Crippen LogP contribution is 2.36. The molecule has 1 aromatic carbocycles. The van der Waals surface area contributed by atoms with E-state index in [1.54, 1.807) is 12.1 Å². The van der Waals surface area contributed by atoms with Crippen molar-refractivity contribution in [2.45, 2.75) is 25.7 Å². The normalized spacial score (nSPS) is 15.1. The monoisotopic (exact) mass is 360 g/mol. The number of carboxylic acid groups (broad SMARTS) is 1. The second kappa shape index (κ2) is 8.23. The van der Waals surface area contributed by atoms with Crippen LogP contribution >= 0.6 is 0 Å². The molecule has 0 aliphatic carbocycles. The first-order valence-electron chi connectivity index (χ1n) is 8.88. The van der Waals surface area contributed by atoms with E-state index in [2.05, 4.69) is 9.88 Å². The van der Waals surface area contributed by atoms with Crippen LogP contribution in [0.25, 0.3) is 10.9 Å². The summed E-state index contributed by atoms with van der Waals surface area (Å²) in [7, 11) is 1.51. The van der Waals surface area contributed by atoms with Crippen molar-refractivity contribution in [3.63, 3.8) is 0 Å². The topological polar surface area (TPSA) is 92.1 Å². The maximum Gasteiger partial charge on any atom is 0.341 e. The van der Waals surface area contributed by atoms with Crippen molar-refractivity contribution in [1.29, 1.82) is 0 Å². The average molecular weight is 360 g/mol. The van der Waals surface area contributed by atoms with Crippen molar-refractivity contribution in [3.8, 4) is 17.2 Å². The average Bonchev–Trinajstić information content (AvgIpc) is 2.65. The Balaban J connectivity index is 1.71. The molecule has 0 saturated carbocycles. The summed E-state index contributed by atoms with van der Waals surface area (Å²) >= 11 is 0. The lowest BCUT2D eigenvalue weighted by atomic mass is 10.1. The molecule has 1 fully saturated rings. The van der Waals surface area contributed by atoms with Crippen LogP contribution in [0.3, 0.4) is 0 Å². The lowest BCUT2D eigenvalue weighted by molar-refractivity contribution is 0.0693. The first-order chi connectivity index (χ1) is 12.6. The van der Waals surface area contributed by atoms with Crippen molar-refractivity contribution in [2.75, 3.05) is 33.4 Å². The van der Waals surface area contributed by atoms with E-state index >= 15 is 0 Å². The number of aromatic carboxylic acids is 1. The number of pyridine rings is 1. The molecule has 1 aliphatic rings. The van der Waals surface area contributed by atoms with E-state index < -0.39 is 5.97 Å². The Kier molecular flexibility index (Phi) is 5.78.